The van der Waals surface area contributed by atoms with Crippen molar-refractivity contribution in [2.24, 2.45) is 5.41 Å². The summed E-state index contributed by atoms with van der Waals surface area (Å²) in [6.07, 6.45) is 3.48. The molecule has 0 saturated heterocycles. The number of nitrogens with zero attached hydrogens (tertiary/aromatic N) is 1. The van der Waals surface area contributed by atoms with E-state index in [1.807, 2.05) is 0 Å². The van der Waals surface area contributed by atoms with Gasteiger partial charge in [0.2, 0.25) is 0 Å². The molecule has 19 heavy (non-hydrogen) atoms. The molecule has 0 aliphatic rings. The minimum absolute atomic E-state index is 0.420. The SMILES string of the molecule is Cc1cn(CCNCCC(C)(C)C)c2ccccc12. The topological polar surface area (TPSA) is 17.0 Å². The number of benzene rings is 1. The second-order valence-electron chi connectivity index (χ2n) is 6.58. The molecule has 2 rings (SSSR count). The molecule has 104 valence electrons. The molecule has 0 spiro atoms. The third-order valence-corrected chi connectivity index (χ3v) is 3.57. The maximum atomic E-state index is 3.54. The van der Waals surface area contributed by atoms with Crippen molar-refractivity contribution in [2.75, 3.05) is 13.1 Å². The third kappa shape index (κ3) is 3.84. The van der Waals surface area contributed by atoms with Crippen molar-refractivity contribution in [2.45, 2.75) is 40.7 Å². The summed E-state index contributed by atoms with van der Waals surface area (Å²) in [5, 5.41) is 4.92. The summed E-state index contributed by atoms with van der Waals surface area (Å²) in [6.45, 7) is 12.2. The molecule has 0 unspecified atom stereocenters. The fourth-order valence-electron chi connectivity index (χ4n) is 2.40. The van der Waals surface area contributed by atoms with Crippen LogP contribution in [0.25, 0.3) is 10.9 Å². The first-order valence-electron chi connectivity index (χ1n) is 7.22. The van der Waals surface area contributed by atoms with E-state index in [1.165, 1.54) is 22.9 Å². The fraction of sp³-hybridized carbons (Fsp3) is 0.529. The average molecular weight is 258 g/mol. The first-order chi connectivity index (χ1) is 8.97. The van der Waals surface area contributed by atoms with Gasteiger partial charge in [-0.25, -0.2) is 0 Å². The zero-order valence-electron chi connectivity index (χ0n) is 12.7. The molecule has 0 radical (unpaired) electrons. The zero-order valence-corrected chi connectivity index (χ0v) is 12.7. The molecule has 0 bridgehead atoms. The van der Waals surface area contributed by atoms with Crippen LogP contribution >= 0.6 is 0 Å². The average Bonchev–Trinajstić information content (AvgIpc) is 2.65. The number of nitrogens with one attached hydrogen (secondary N) is 1. The Morgan fingerprint density at radius 3 is 2.58 bits per heavy atom. The highest BCUT2D eigenvalue weighted by Gasteiger charge is 2.09. The van der Waals surface area contributed by atoms with Gasteiger partial charge in [0.15, 0.2) is 0 Å². The number of aryl methyl sites for hydroxylation is 1. The van der Waals surface area contributed by atoms with Gasteiger partial charge in [-0.15, -0.1) is 0 Å². The molecule has 0 fully saturated rings. The van der Waals surface area contributed by atoms with Crippen LogP contribution < -0.4 is 5.32 Å². The Hall–Kier alpha value is -1.28. The first kappa shape index (κ1) is 14.1. The van der Waals surface area contributed by atoms with Crippen molar-refractivity contribution in [3.63, 3.8) is 0 Å². The lowest BCUT2D eigenvalue weighted by atomic mass is 9.92. The highest BCUT2D eigenvalue weighted by Crippen LogP contribution is 2.20. The highest BCUT2D eigenvalue weighted by atomic mass is 15.0. The van der Waals surface area contributed by atoms with Crippen LogP contribution in [0.1, 0.15) is 32.8 Å². The van der Waals surface area contributed by atoms with E-state index in [1.54, 1.807) is 0 Å². The molecular weight excluding hydrogens is 232 g/mol. The maximum Gasteiger partial charge on any atom is 0.0483 e. The number of aromatic nitrogens is 1. The van der Waals surface area contributed by atoms with Gasteiger partial charge in [-0.3, -0.25) is 0 Å². The summed E-state index contributed by atoms with van der Waals surface area (Å²) < 4.78 is 2.36. The van der Waals surface area contributed by atoms with Gasteiger partial charge in [-0.1, -0.05) is 39.0 Å². The van der Waals surface area contributed by atoms with Gasteiger partial charge in [-0.2, -0.15) is 0 Å². The van der Waals surface area contributed by atoms with E-state index >= 15 is 0 Å². The molecule has 0 aliphatic heterocycles. The first-order valence-corrected chi connectivity index (χ1v) is 7.22. The Morgan fingerprint density at radius 2 is 1.84 bits per heavy atom. The van der Waals surface area contributed by atoms with Crippen LogP contribution in [-0.2, 0) is 6.54 Å². The molecule has 1 aromatic carbocycles. The predicted molar refractivity (Wildman–Crippen MR) is 83.6 cm³/mol. The quantitative estimate of drug-likeness (QED) is 0.803. The molecule has 2 aromatic rings. The van der Waals surface area contributed by atoms with Crippen LogP contribution in [0.15, 0.2) is 30.5 Å². The van der Waals surface area contributed by atoms with E-state index in [-0.39, 0.29) is 0 Å². The summed E-state index contributed by atoms with van der Waals surface area (Å²) in [4.78, 5) is 0. The van der Waals surface area contributed by atoms with Gasteiger partial charge in [-0.05, 0) is 36.9 Å². The molecule has 0 amide bonds. The highest BCUT2D eigenvalue weighted by molar-refractivity contribution is 5.83. The summed E-state index contributed by atoms with van der Waals surface area (Å²) in [5.41, 5.74) is 3.13. The molecular formula is C17H26N2. The molecule has 2 heteroatoms. The molecule has 1 heterocycles. The Kier molecular flexibility index (Phi) is 4.31. The largest absolute Gasteiger partial charge is 0.346 e. The van der Waals surface area contributed by atoms with E-state index in [0.717, 1.165) is 19.6 Å². The van der Waals surface area contributed by atoms with E-state index in [9.17, 15) is 0 Å². The van der Waals surface area contributed by atoms with E-state index in [4.69, 9.17) is 0 Å². The molecule has 1 aromatic heterocycles. The summed E-state index contributed by atoms with van der Waals surface area (Å²) in [7, 11) is 0. The minimum atomic E-state index is 0.420. The lowest BCUT2D eigenvalue weighted by molar-refractivity contribution is 0.365. The zero-order chi connectivity index (χ0) is 13.9. The standard InChI is InChI=1S/C17H26N2/c1-14-13-19(16-8-6-5-7-15(14)16)12-11-18-10-9-17(2,3)4/h5-8,13,18H,9-12H2,1-4H3. The summed E-state index contributed by atoms with van der Waals surface area (Å²) >= 11 is 0. The Balaban J connectivity index is 1.89. The normalized spacial score (nSPS) is 12.2. The van der Waals surface area contributed by atoms with Gasteiger partial charge in [0.1, 0.15) is 0 Å². The van der Waals surface area contributed by atoms with Crippen molar-refractivity contribution in [3.8, 4) is 0 Å². The monoisotopic (exact) mass is 258 g/mol. The number of rotatable bonds is 5. The van der Waals surface area contributed by atoms with E-state index in [2.05, 4.69) is 68.0 Å². The number of fused-ring (bicyclic) bond motifs is 1. The van der Waals surface area contributed by atoms with E-state index < -0.39 is 0 Å². The van der Waals surface area contributed by atoms with Crippen molar-refractivity contribution in [1.29, 1.82) is 0 Å². The Bertz CT molecular complexity index is 532. The lowest BCUT2D eigenvalue weighted by Crippen LogP contribution is -2.24. The molecule has 0 saturated carbocycles. The van der Waals surface area contributed by atoms with Gasteiger partial charge in [0.05, 0.1) is 0 Å². The lowest BCUT2D eigenvalue weighted by Gasteiger charge is -2.18. The van der Waals surface area contributed by atoms with Crippen molar-refractivity contribution >= 4 is 10.9 Å². The summed E-state index contributed by atoms with van der Waals surface area (Å²) in [6, 6.07) is 8.64. The predicted octanol–water partition coefficient (Wildman–Crippen LogP) is 3.98. The van der Waals surface area contributed by atoms with Gasteiger partial charge < -0.3 is 9.88 Å². The van der Waals surface area contributed by atoms with Crippen LogP contribution in [0.2, 0.25) is 0 Å². The number of para-hydroxylation sites is 1. The van der Waals surface area contributed by atoms with Crippen LogP contribution in [0, 0.1) is 12.3 Å². The van der Waals surface area contributed by atoms with Gasteiger partial charge >= 0.3 is 0 Å². The second-order valence-corrected chi connectivity index (χ2v) is 6.58. The maximum absolute atomic E-state index is 3.54. The van der Waals surface area contributed by atoms with Gasteiger partial charge in [0.25, 0.3) is 0 Å². The molecule has 2 nitrogen and oxygen atoms in total. The van der Waals surface area contributed by atoms with Crippen molar-refractivity contribution in [3.05, 3.63) is 36.0 Å². The van der Waals surface area contributed by atoms with Crippen LogP contribution in [-0.4, -0.2) is 17.7 Å². The van der Waals surface area contributed by atoms with Crippen LogP contribution in [0.5, 0.6) is 0 Å². The molecule has 0 aliphatic carbocycles. The van der Waals surface area contributed by atoms with Crippen LogP contribution in [0.4, 0.5) is 0 Å². The van der Waals surface area contributed by atoms with Crippen molar-refractivity contribution < 1.29 is 0 Å². The van der Waals surface area contributed by atoms with Gasteiger partial charge in [0, 0.05) is 30.2 Å². The second kappa shape index (κ2) is 5.79. The van der Waals surface area contributed by atoms with Crippen LogP contribution in [0.3, 0.4) is 0 Å². The summed E-state index contributed by atoms with van der Waals surface area (Å²) in [5.74, 6) is 0. The van der Waals surface area contributed by atoms with Crippen molar-refractivity contribution in [1.82, 2.24) is 9.88 Å². The fourth-order valence-corrected chi connectivity index (χ4v) is 2.40. The molecule has 0 atom stereocenters. The van der Waals surface area contributed by atoms with E-state index in [0.29, 0.717) is 5.41 Å². The Labute approximate surface area is 116 Å². The minimum Gasteiger partial charge on any atom is -0.346 e. The number of hydrogen-bond acceptors (Lipinski definition) is 1. The third-order valence-electron chi connectivity index (χ3n) is 3.57. The molecule has 1 N–H and O–H groups in total. The Morgan fingerprint density at radius 1 is 1.11 bits per heavy atom. The number of hydrogen-bond donors (Lipinski definition) is 1. The smallest absolute Gasteiger partial charge is 0.0483 e.